The number of primary amides is 1. The van der Waals surface area contributed by atoms with E-state index in [2.05, 4.69) is 34.0 Å². The van der Waals surface area contributed by atoms with E-state index in [9.17, 15) is 4.79 Å². The average Bonchev–Trinajstić information content (AvgIpc) is 2.65. The van der Waals surface area contributed by atoms with E-state index in [1.165, 1.54) is 32.1 Å². The Labute approximate surface area is 165 Å². The number of unbranched alkanes of at least 4 members (excludes halogenated alkanes) is 1. The van der Waals surface area contributed by atoms with Gasteiger partial charge in [0, 0.05) is 32.6 Å². The Balaban J connectivity index is 1.63. The van der Waals surface area contributed by atoms with Crippen LogP contribution in [0.3, 0.4) is 0 Å². The van der Waals surface area contributed by atoms with Crippen molar-refractivity contribution in [3.05, 3.63) is 0 Å². The third kappa shape index (κ3) is 6.98. The molecule has 1 atom stereocenters. The van der Waals surface area contributed by atoms with Crippen LogP contribution in [0.5, 0.6) is 0 Å². The summed E-state index contributed by atoms with van der Waals surface area (Å²) in [6.07, 6.45) is 9.32. The quantitative estimate of drug-likeness (QED) is 0.386. The van der Waals surface area contributed by atoms with Crippen LogP contribution in [-0.2, 0) is 4.79 Å². The number of nitrogens with zero attached hydrogens (tertiary/aromatic N) is 3. The lowest BCUT2D eigenvalue weighted by Gasteiger charge is -2.42. The molecule has 2 aliphatic rings. The van der Waals surface area contributed by atoms with Gasteiger partial charge in [0.1, 0.15) is 0 Å². The van der Waals surface area contributed by atoms with Gasteiger partial charge in [-0.15, -0.1) is 0 Å². The summed E-state index contributed by atoms with van der Waals surface area (Å²) in [4.78, 5) is 20.7. The summed E-state index contributed by atoms with van der Waals surface area (Å²) in [5.74, 6) is 1.03. The van der Waals surface area contributed by atoms with Crippen molar-refractivity contribution in [3.8, 4) is 0 Å². The van der Waals surface area contributed by atoms with E-state index >= 15 is 0 Å². The zero-order valence-corrected chi connectivity index (χ0v) is 17.8. The molecule has 0 aromatic carbocycles. The number of piperidine rings is 2. The van der Waals surface area contributed by atoms with Gasteiger partial charge in [-0.25, -0.2) is 0 Å². The maximum Gasteiger partial charge on any atom is 0.220 e. The molecule has 0 aliphatic carbocycles. The van der Waals surface area contributed by atoms with Gasteiger partial charge in [-0.05, 0) is 70.0 Å². The van der Waals surface area contributed by atoms with Crippen molar-refractivity contribution in [1.82, 2.24) is 15.1 Å². The molecule has 0 aromatic heterocycles. The van der Waals surface area contributed by atoms with Crippen LogP contribution in [-0.4, -0.2) is 68.0 Å². The zero-order valence-electron chi connectivity index (χ0n) is 17.8. The molecule has 2 saturated heterocycles. The Kier molecular flexibility index (Phi) is 8.87. The van der Waals surface area contributed by atoms with E-state index in [0.717, 1.165) is 64.5 Å². The maximum absolute atomic E-state index is 11.2. The van der Waals surface area contributed by atoms with Crippen LogP contribution in [0.15, 0.2) is 4.99 Å². The van der Waals surface area contributed by atoms with Crippen molar-refractivity contribution in [3.63, 3.8) is 0 Å². The molecule has 1 unspecified atom stereocenters. The topological polar surface area (TPSA) is 74.0 Å². The smallest absolute Gasteiger partial charge is 0.220 e. The number of nitrogens with two attached hydrogens (primary N) is 1. The number of likely N-dealkylation sites (tertiary alicyclic amines) is 2. The van der Waals surface area contributed by atoms with Crippen LogP contribution in [0.4, 0.5) is 0 Å². The first-order chi connectivity index (χ1) is 13.0. The summed E-state index contributed by atoms with van der Waals surface area (Å²) < 4.78 is 0. The highest BCUT2D eigenvalue weighted by Crippen LogP contribution is 2.33. The molecule has 2 fully saturated rings. The molecule has 0 radical (unpaired) electrons. The molecule has 0 bridgehead atoms. The van der Waals surface area contributed by atoms with Gasteiger partial charge >= 0.3 is 0 Å². The van der Waals surface area contributed by atoms with E-state index in [0.29, 0.717) is 5.41 Å². The number of hydrogen-bond acceptors (Lipinski definition) is 3. The molecule has 6 nitrogen and oxygen atoms in total. The van der Waals surface area contributed by atoms with Crippen LogP contribution < -0.4 is 11.1 Å². The minimum Gasteiger partial charge on any atom is -0.369 e. The second kappa shape index (κ2) is 10.9. The largest absolute Gasteiger partial charge is 0.369 e. The summed E-state index contributed by atoms with van der Waals surface area (Å²) in [6, 6.07) is 0. The van der Waals surface area contributed by atoms with Crippen LogP contribution in [0, 0.1) is 11.3 Å². The minimum atomic E-state index is -0.127. The second-order valence-corrected chi connectivity index (χ2v) is 8.79. The Morgan fingerprint density at radius 2 is 2.00 bits per heavy atom. The number of hydrogen-bond donors (Lipinski definition) is 2. The molecular weight excluding hydrogens is 338 g/mol. The minimum absolute atomic E-state index is 0.0918. The Hall–Kier alpha value is -1.30. The molecule has 2 aliphatic heterocycles. The van der Waals surface area contributed by atoms with Crippen LogP contribution in [0.2, 0.25) is 0 Å². The number of nitrogens with one attached hydrogen (secondary N) is 1. The third-order valence-electron chi connectivity index (χ3n) is 6.32. The van der Waals surface area contributed by atoms with E-state index in [4.69, 9.17) is 5.73 Å². The van der Waals surface area contributed by atoms with Crippen molar-refractivity contribution in [1.29, 1.82) is 0 Å². The monoisotopic (exact) mass is 379 g/mol. The van der Waals surface area contributed by atoms with Crippen molar-refractivity contribution < 1.29 is 4.79 Å². The molecular formula is C21H41N5O. The van der Waals surface area contributed by atoms with E-state index in [-0.39, 0.29) is 11.8 Å². The maximum atomic E-state index is 11.2. The van der Waals surface area contributed by atoms with Gasteiger partial charge in [0.2, 0.25) is 5.91 Å². The van der Waals surface area contributed by atoms with E-state index in [1.807, 2.05) is 7.05 Å². The zero-order chi connectivity index (χ0) is 19.7. The van der Waals surface area contributed by atoms with Gasteiger partial charge in [0.05, 0.1) is 0 Å². The fourth-order valence-electron chi connectivity index (χ4n) is 4.74. The lowest BCUT2D eigenvalue weighted by molar-refractivity contribution is -0.123. The Morgan fingerprint density at radius 3 is 2.63 bits per heavy atom. The summed E-state index contributed by atoms with van der Waals surface area (Å²) in [7, 11) is 1.90. The molecule has 0 saturated carbocycles. The lowest BCUT2D eigenvalue weighted by atomic mass is 9.78. The molecule has 2 heterocycles. The van der Waals surface area contributed by atoms with Crippen molar-refractivity contribution in [2.24, 2.45) is 22.1 Å². The molecule has 3 N–H and O–H groups in total. The van der Waals surface area contributed by atoms with Gasteiger partial charge in [0.15, 0.2) is 5.96 Å². The standard InChI is InChI=1S/C21H41N5O/c1-4-10-21(2)11-7-14-26(17-21)20(23-3)24-12-5-6-13-25-15-8-18(9-16-25)19(22)27/h18H,4-17H2,1-3H3,(H2,22,27)(H,23,24). The number of aliphatic imine (C=N–C) groups is 1. The predicted octanol–water partition coefficient (Wildman–Crippen LogP) is 2.44. The molecule has 27 heavy (non-hydrogen) atoms. The van der Waals surface area contributed by atoms with Gasteiger partial charge in [-0.1, -0.05) is 20.3 Å². The SMILES string of the molecule is CCCC1(C)CCCN(C(=NC)NCCCCN2CCC(C(N)=O)CC2)C1. The highest BCUT2D eigenvalue weighted by molar-refractivity contribution is 5.80. The fraction of sp³-hybridized carbons (Fsp3) is 0.905. The van der Waals surface area contributed by atoms with Crippen molar-refractivity contribution in [2.45, 2.75) is 65.2 Å². The summed E-state index contributed by atoms with van der Waals surface area (Å²) >= 11 is 0. The summed E-state index contributed by atoms with van der Waals surface area (Å²) in [5, 5.41) is 3.57. The fourth-order valence-corrected chi connectivity index (χ4v) is 4.74. The molecule has 156 valence electrons. The highest BCUT2D eigenvalue weighted by Gasteiger charge is 2.31. The van der Waals surface area contributed by atoms with Crippen LogP contribution >= 0.6 is 0 Å². The first-order valence-corrected chi connectivity index (χ1v) is 10.9. The molecule has 0 aromatic rings. The van der Waals surface area contributed by atoms with Gasteiger partial charge in [-0.3, -0.25) is 9.79 Å². The second-order valence-electron chi connectivity index (χ2n) is 8.79. The first kappa shape index (κ1) is 22.0. The van der Waals surface area contributed by atoms with E-state index < -0.39 is 0 Å². The molecule has 6 heteroatoms. The van der Waals surface area contributed by atoms with Crippen molar-refractivity contribution >= 4 is 11.9 Å². The lowest BCUT2D eigenvalue weighted by Crippen LogP contribution is -2.50. The van der Waals surface area contributed by atoms with Gasteiger partial charge in [0.25, 0.3) is 0 Å². The van der Waals surface area contributed by atoms with Crippen LogP contribution in [0.25, 0.3) is 0 Å². The predicted molar refractivity (Wildman–Crippen MR) is 113 cm³/mol. The third-order valence-corrected chi connectivity index (χ3v) is 6.32. The normalized spacial score (nSPS) is 25.6. The number of carbonyl (C=O) groups is 1. The van der Waals surface area contributed by atoms with Gasteiger partial charge < -0.3 is 20.9 Å². The Morgan fingerprint density at radius 1 is 1.26 bits per heavy atom. The molecule has 2 rings (SSSR count). The Bertz CT molecular complexity index is 483. The number of carbonyl (C=O) groups excluding carboxylic acids is 1. The first-order valence-electron chi connectivity index (χ1n) is 10.9. The van der Waals surface area contributed by atoms with E-state index in [1.54, 1.807) is 0 Å². The number of amides is 1. The van der Waals surface area contributed by atoms with Crippen molar-refractivity contribution in [2.75, 3.05) is 46.3 Å². The number of rotatable bonds is 8. The highest BCUT2D eigenvalue weighted by atomic mass is 16.1. The molecule has 0 spiro atoms. The molecule has 1 amide bonds. The van der Waals surface area contributed by atoms with Gasteiger partial charge in [-0.2, -0.15) is 0 Å². The summed E-state index contributed by atoms with van der Waals surface area (Å²) in [5.41, 5.74) is 5.84. The summed E-state index contributed by atoms with van der Waals surface area (Å²) in [6.45, 7) is 11.1. The number of guanidine groups is 1. The average molecular weight is 380 g/mol. The van der Waals surface area contributed by atoms with Crippen LogP contribution in [0.1, 0.15) is 65.2 Å².